The van der Waals surface area contributed by atoms with Crippen molar-refractivity contribution in [2.75, 3.05) is 13.1 Å². The minimum absolute atomic E-state index is 0.00496. The fourth-order valence-electron chi connectivity index (χ4n) is 5.06. The Bertz CT molecular complexity index is 1140. The number of hydrogen-bond acceptors (Lipinski definition) is 2. The lowest BCUT2D eigenvalue weighted by atomic mass is 9.86. The Kier molecular flexibility index (Phi) is 5.22. The van der Waals surface area contributed by atoms with Gasteiger partial charge in [0.25, 0.3) is 0 Å². The van der Waals surface area contributed by atoms with Crippen LogP contribution in [0.15, 0.2) is 48.5 Å². The Morgan fingerprint density at radius 1 is 1.06 bits per heavy atom. The molecule has 0 spiro atoms. The molecule has 2 amide bonds. The van der Waals surface area contributed by atoms with Crippen molar-refractivity contribution in [3.05, 3.63) is 70.4 Å². The smallest absolute Gasteiger partial charge is 0.246 e. The molecule has 160 valence electrons. The van der Waals surface area contributed by atoms with Crippen LogP contribution in [0.2, 0.25) is 5.02 Å². The molecule has 31 heavy (non-hydrogen) atoms. The molecular weight excluding hydrogens is 410 g/mol. The van der Waals surface area contributed by atoms with Crippen LogP contribution in [-0.2, 0) is 16.0 Å². The lowest BCUT2D eigenvalue weighted by molar-refractivity contribution is -0.158. The molecule has 1 fully saturated rings. The summed E-state index contributed by atoms with van der Waals surface area (Å²) in [5.74, 6) is 0.0657. The molecule has 2 aromatic carbocycles. The van der Waals surface area contributed by atoms with E-state index in [1.54, 1.807) is 9.80 Å². The van der Waals surface area contributed by atoms with Crippen molar-refractivity contribution in [1.29, 1.82) is 0 Å². The molecule has 1 N–H and O–H groups in total. The van der Waals surface area contributed by atoms with Gasteiger partial charge in [0, 0.05) is 34.6 Å². The number of halogens is 1. The molecule has 2 aliphatic heterocycles. The van der Waals surface area contributed by atoms with Crippen LogP contribution in [0.1, 0.15) is 49.0 Å². The molecule has 0 unspecified atom stereocenters. The largest absolute Gasteiger partial charge is 0.356 e. The molecule has 1 aromatic heterocycles. The third-order valence-electron chi connectivity index (χ3n) is 6.56. The van der Waals surface area contributed by atoms with Gasteiger partial charge >= 0.3 is 0 Å². The van der Waals surface area contributed by atoms with Crippen LogP contribution in [0.4, 0.5) is 0 Å². The van der Waals surface area contributed by atoms with Crippen molar-refractivity contribution >= 4 is 34.3 Å². The Morgan fingerprint density at radius 2 is 1.84 bits per heavy atom. The number of unbranched alkanes of at least 4 members (excludes halogenated alkanes) is 2. The zero-order valence-corrected chi connectivity index (χ0v) is 18.4. The molecule has 0 radical (unpaired) electrons. The first-order valence-corrected chi connectivity index (χ1v) is 11.4. The lowest BCUT2D eigenvalue weighted by Gasteiger charge is -2.47. The van der Waals surface area contributed by atoms with Gasteiger partial charge in [-0.3, -0.25) is 9.59 Å². The van der Waals surface area contributed by atoms with Crippen molar-refractivity contribution in [1.82, 2.24) is 14.8 Å². The third-order valence-corrected chi connectivity index (χ3v) is 6.81. The van der Waals surface area contributed by atoms with Crippen LogP contribution >= 0.6 is 11.6 Å². The number of piperazine rings is 1. The Balaban J connectivity index is 1.61. The highest BCUT2D eigenvalue weighted by Crippen LogP contribution is 2.42. The number of aromatic nitrogens is 1. The van der Waals surface area contributed by atoms with Gasteiger partial charge in [0.1, 0.15) is 6.04 Å². The molecule has 0 bridgehead atoms. The topological polar surface area (TPSA) is 56.4 Å². The summed E-state index contributed by atoms with van der Waals surface area (Å²) in [7, 11) is 0. The number of hydrogen-bond donors (Lipinski definition) is 1. The zero-order valence-electron chi connectivity index (χ0n) is 17.6. The van der Waals surface area contributed by atoms with E-state index < -0.39 is 6.04 Å². The lowest BCUT2D eigenvalue weighted by Crippen LogP contribution is -2.63. The van der Waals surface area contributed by atoms with Crippen LogP contribution in [0.25, 0.3) is 10.9 Å². The first kappa shape index (κ1) is 20.1. The molecular formula is C25H26ClN3O2. The van der Waals surface area contributed by atoms with Gasteiger partial charge in [0.05, 0.1) is 12.6 Å². The molecule has 6 heteroatoms. The number of H-pyrrole nitrogens is 1. The minimum Gasteiger partial charge on any atom is -0.356 e. The summed E-state index contributed by atoms with van der Waals surface area (Å²) in [6.07, 6.45) is 3.62. The predicted molar refractivity (Wildman–Crippen MR) is 122 cm³/mol. The summed E-state index contributed by atoms with van der Waals surface area (Å²) >= 11 is 6.13. The van der Waals surface area contributed by atoms with Crippen LogP contribution in [-0.4, -0.2) is 45.7 Å². The summed E-state index contributed by atoms with van der Waals surface area (Å²) < 4.78 is 0. The number of carbonyl (C=O) groups is 2. The molecule has 2 aliphatic rings. The second kappa shape index (κ2) is 8.04. The van der Waals surface area contributed by atoms with Crippen molar-refractivity contribution in [3.63, 3.8) is 0 Å². The van der Waals surface area contributed by atoms with Crippen LogP contribution in [0.5, 0.6) is 0 Å². The molecule has 3 heterocycles. The van der Waals surface area contributed by atoms with Crippen molar-refractivity contribution in [2.24, 2.45) is 0 Å². The summed E-state index contributed by atoms with van der Waals surface area (Å²) in [5, 5.41) is 1.77. The summed E-state index contributed by atoms with van der Waals surface area (Å²) in [6, 6.07) is 15.0. The number of carbonyl (C=O) groups excluding carboxylic acids is 2. The van der Waals surface area contributed by atoms with Gasteiger partial charge in [-0.15, -0.1) is 0 Å². The number of benzene rings is 2. The standard InChI is InChI=1S/C25H26ClN3O2/c1-2-3-6-13-28-15-22(30)29-21(25(28)31)14-19-18-7-4-5-8-20(18)27-23(19)24(29)16-9-11-17(26)12-10-16/h4-5,7-12,21,24,27H,2-3,6,13-15H2,1H3/t21-,24-/m0/s1. The van der Waals surface area contributed by atoms with E-state index in [0.717, 1.165) is 47.0 Å². The van der Waals surface area contributed by atoms with E-state index in [1.807, 2.05) is 42.5 Å². The van der Waals surface area contributed by atoms with Gasteiger partial charge in [-0.25, -0.2) is 0 Å². The van der Waals surface area contributed by atoms with Gasteiger partial charge in [-0.05, 0) is 35.7 Å². The fraction of sp³-hybridized carbons (Fsp3) is 0.360. The van der Waals surface area contributed by atoms with E-state index in [4.69, 9.17) is 11.6 Å². The monoisotopic (exact) mass is 435 g/mol. The molecule has 2 atom stereocenters. The van der Waals surface area contributed by atoms with E-state index in [0.29, 0.717) is 18.0 Å². The van der Waals surface area contributed by atoms with Gasteiger partial charge < -0.3 is 14.8 Å². The summed E-state index contributed by atoms with van der Waals surface area (Å²) in [5.41, 5.74) is 4.13. The maximum atomic E-state index is 13.5. The highest BCUT2D eigenvalue weighted by Gasteiger charge is 2.47. The van der Waals surface area contributed by atoms with Crippen molar-refractivity contribution < 1.29 is 9.59 Å². The van der Waals surface area contributed by atoms with E-state index in [9.17, 15) is 9.59 Å². The van der Waals surface area contributed by atoms with E-state index >= 15 is 0 Å². The Labute approximate surface area is 187 Å². The number of nitrogens with one attached hydrogen (secondary N) is 1. The number of nitrogens with zero attached hydrogens (tertiary/aromatic N) is 2. The molecule has 5 rings (SSSR count). The van der Waals surface area contributed by atoms with Crippen LogP contribution in [0, 0.1) is 0 Å². The highest BCUT2D eigenvalue weighted by atomic mass is 35.5. The third kappa shape index (κ3) is 3.41. The van der Waals surface area contributed by atoms with Crippen molar-refractivity contribution in [2.45, 2.75) is 44.7 Å². The fourth-order valence-corrected chi connectivity index (χ4v) is 5.18. The SMILES string of the molecule is CCCCCN1CC(=O)N2[C@@H](c3ccc(Cl)cc3)c3[nH]c4ccccc4c3C[C@H]2C1=O. The first-order valence-electron chi connectivity index (χ1n) is 11.0. The number of aromatic amines is 1. The minimum atomic E-state index is -0.477. The Morgan fingerprint density at radius 3 is 2.61 bits per heavy atom. The molecule has 5 nitrogen and oxygen atoms in total. The van der Waals surface area contributed by atoms with E-state index in [-0.39, 0.29) is 24.4 Å². The average molecular weight is 436 g/mol. The summed E-state index contributed by atoms with van der Waals surface area (Å²) in [6.45, 7) is 2.94. The molecule has 0 aliphatic carbocycles. The second-order valence-electron chi connectivity index (χ2n) is 8.50. The van der Waals surface area contributed by atoms with E-state index in [2.05, 4.69) is 18.0 Å². The zero-order chi connectivity index (χ0) is 21.5. The van der Waals surface area contributed by atoms with Gasteiger partial charge in [-0.2, -0.15) is 0 Å². The quantitative estimate of drug-likeness (QED) is 0.591. The molecule has 1 saturated heterocycles. The molecule has 3 aromatic rings. The number of para-hydroxylation sites is 1. The predicted octanol–water partition coefficient (Wildman–Crippen LogP) is 4.70. The number of fused-ring (bicyclic) bond motifs is 4. The normalized spacial score (nSPS) is 20.8. The highest BCUT2D eigenvalue weighted by molar-refractivity contribution is 6.30. The number of rotatable bonds is 5. The maximum absolute atomic E-state index is 13.5. The number of amides is 2. The first-order chi connectivity index (χ1) is 15.1. The maximum Gasteiger partial charge on any atom is 0.246 e. The van der Waals surface area contributed by atoms with E-state index in [1.165, 1.54) is 0 Å². The second-order valence-corrected chi connectivity index (χ2v) is 8.94. The Hall–Kier alpha value is -2.79. The van der Waals surface area contributed by atoms with Crippen LogP contribution in [0.3, 0.4) is 0 Å². The van der Waals surface area contributed by atoms with Crippen molar-refractivity contribution in [3.8, 4) is 0 Å². The van der Waals surface area contributed by atoms with Gasteiger partial charge in [-0.1, -0.05) is 61.7 Å². The summed E-state index contributed by atoms with van der Waals surface area (Å²) in [4.78, 5) is 34.0. The molecule has 0 saturated carbocycles. The van der Waals surface area contributed by atoms with Crippen LogP contribution < -0.4 is 0 Å². The average Bonchev–Trinajstić information content (AvgIpc) is 3.15. The van der Waals surface area contributed by atoms with Gasteiger partial charge in [0.15, 0.2) is 0 Å². The van der Waals surface area contributed by atoms with Gasteiger partial charge in [0.2, 0.25) is 11.8 Å².